The van der Waals surface area contributed by atoms with Crippen molar-refractivity contribution < 1.29 is 9.13 Å². The first kappa shape index (κ1) is 17.9. The minimum absolute atomic E-state index is 0.266. The maximum atomic E-state index is 14.8. The number of aromatic nitrogens is 3. The molecule has 0 bridgehead atoms. The average Bonchev–Trinajstić information content (AvgIpc) is 3.19. The molecular weight excluding hydrogens is 365 g/mol. The zero-order valence-corrected chi connectivity index (χ0v) is 16.1. The van der Waals surface area contributed by atoms with Crippen LogP contribution in [0.15, 0.2) is 60.8 Å². The maximum Gasteiger partial charge on any atom is 0.213 e. The van der Waals surface area contributed by atoms with Crippen LogP contribution in [0.1, 0.15) is 32.1 Å². The van der Waals surface area contributed by atoms with Gasteiger partial charge in [0.15, 0.2) is 0 Å². The van der Waals surface area contributed by atoms with Crippen LogP contribution >= 0.6 is 0 Å². The van der Waals surface area contributed by atoms with Crippen LogP contribution in [0.2, 0.25) is 0 Å². The Kier molecular flexibility index (Phi) is 4.72. The Bertz CT molecular complexity index is 1100. The van der Waals surface area contributed by atoms with Crippen molar-refractivity contribution in [3.63, 3.8) is 0 Å². The minimum Gasteiger partial charge on any atom is -0.474 e. The molecule has 1 saturated carbocycles. The highest BCUT2D eigenvalue weighted by Crippen LogP contribution is 2.29. The summed E-state index contributed by atoms with van der Waals surface area (Å²) in [5.74, 6) is 0.855. The number of nitrogens with one attached hydrogen (secondary N) is 1. The van der Waals surface area contributed by atoms with Crippen LogP contribution in [0.3, 0.4) is 0 Å². The summed E-state index contributed by atoms with van der Waals surface area (Å²) >= 11 is 0. The van der Waals surface area contributed by atoms with Gasteiger partial charge in [-0.3, -0.25) is 0 Å². The topological polar surface area (TPSA) is 50.8 Å². The quantitative estimate of drug-likeness (QED) is 0.457. The normalized spacial score (nSPS) is 14.9. The molecule has 1 aliphatic carbocycles. The zero-order valence-electron chi connectivity index (χ0n) is 16.1. The number of aromatic amines is 1. The summed E-state index contributed by atoms with van der Waals surface area (Å²) in [5, 5.41) is 0. The Labute approximate surface area is 168 Å². The lowest BCUT2D eigenvalue weighted by atomic mass is 9.98. The minimum atomic E-state index is -0.316. The summed E-state index contributed by atoms with van der Waals surface area (Å²) in [7, 11) is 0. The number of rotatable bonds is 4. The van der Waals surface area contributed by atoms with Crippen LogP contribution in [0.5, 0.6) is 5.88 Å². The monoisotopic (exact) mass is 387 g/mol. The number of benzene rings is 2. The number of hydrogen-bond acceptors (Lipinski definition) is 3. The molecule has 2 aromatic carbocycles. The van der Waals surface area contributed by atoms with E-state index < -0.39 is 0 Å². The molecular formula is C24H22FN3O. The lowest BCUT2D eigenvalue weighted by Gasteiger charge is -2.22. The second kappa shape index (κ2) is 7.66. The van der Waals surface area contributed by atoms with Gasteiger partial charge in [0.05, 0.1) is 16.6 Å². The first-order valence-corrected chi connectivity index (χ1v) is 10.1. The van der Waals surface area contributed by atoms with Crippen molar-refractivity contribution >= 4 is 11.0 Å². The Hall–Kier alpha value is -3.21. The third-order valence-corrected chi connectivity index (χ3v) is 5.52. The number of pyridine rings is 1. The predicted molar refractivity (Wildman–Crippen MR) is 112 cm³/mol. The smallest absolute Gasteiger partial charge is 0.213 e. The van der Waals surface area contributed by atoms with E-state index >= 15 is 0 Å². The summed E-state index contributed by atoms with van der Waals surface area (Å²) in [6.07, 6.45) is 7.94. The van der Waals surface area contributed by atoms with Crippen LogP contribution in [-0.4, -0.2) is 21.1 Å². The van der Waals surface area contributed by atoms with Gasteiger partial charge in [0.1, 0.15) is 17.7 Å². The number of hydrogen-bond donors (Lipinski definition) is 1. The Morgan fingerprint density at radius 1 is 0.931 bits per heavy atom. The van der Waals surface area contributed by atoms with Gasteiger partial charge in [-0.2, -0.15) is 0 Å². The van der Waals surface area contributed by atoms with Gasteiger partial charge in [0.2, 0.25) is 5.88 Å². The standard InChI is InChI=1S/C24H22FN3O/c25-20-14-16(10-12-19(20)24-27-21-8-4-5-9-22(21)28-24)17-11-13-23(26-15-17)29-18-6-2-1-3-7-18/h4-5,8-15,18H,1-3,6-7H2,(H,27,28). The van der Waals surface area contributed by atoms with Crippen LogP contribution in [-0.2, 0) is 0 Å². The molecule has 5 heteroatoms. The number of para-hydroxylation sites is 2. The van der Waals surface area contributed by atoms with E-state index in [0.717, 1.165) is 35.0 Å². The number of nitrogens with zero attached hydrogens (tertiary/aromatic N) is 2. The van der Waals surface area contributed by atoms with Crippen molar-refractivity contribution in [3.05, 3.63) is 66.6 Å². The van der Waals surface area contributed by atoms with E-state index in [2.05, 4.69) is 15.0 Å². The van der Waals surface area contributed by atoms with Gasteiger partial charge in [-0.15, -0.1) is 0 Å². The Balaban J connectivity index is 1.36. The molecule has 0 spiro atoms. The van der Waals surface area contributed by atoms with Crippen molar-refractivity contribution in [2.24, 2.45) is 0 Å². The van der Waals surface area contributed by atoms with Crippen molar-refractivity contribution in [3.8, 4) is 28.4 Å². The van der Waals surface area contributed by atoms with Gasteiger partial charge in [0, 0.05) is 17.8 Å². The van der Waals surface area contributed by atoms with E-state index in [1.165, 1.54) is 25.3 Å². The van der Waals surface area contributed by atoms with Gasteiger partial charge < -0.3 is 9.72 Å². The third kappa shape index (κ3) is 3.73. The van der Waals surface area contributed by atoms with Crippen molar-refractivity contribution in [2.75, 3.05) is 0 Å². The highest BCUT2D eigenvalue weighted by molar-refractivity contribution is 5.80. The number of fused-ring (bicyclic) bond motifs is 1. The van der Waals surface area contributed by atoms with Crippen LogP contribution in [0.25, 0.3) is 33.5 Å². The maximum absolute atomic E-state index is 14.8. The van der Waals surface area contributed by atoms with E-state index in [4.69, 9.17) is 4.74 Å². The lowest BCUT2D eigenvalue weighted by molar-refractivity contribution is 0.148. The molecule has 146 valence electrons. The summed E-state index contributed by atoms with van der Waals surface area (Å²) < 4.78 is 20.8. The summed E-state index contributed by atoms with van der Waals surface area (Å²) in [4.78, 5) is 12.1. The van der Waals surface area contributed by atoms with Gasteiger partial charge in [0.25, 0.3) is 0 Å². The summed E-state index contributed by atoms with van der Waals surface area (Å²) in [6, 6.07) is 16.7. The molecule has 4 aromatic rings. The number of H-pyrrole nitrogens is 1. The summed E-state index contributed by atoms with van der Waals surface area (Å²) in [6.45, 7) is 0. The van der Waals surface area contributed by atoms with Gasteiger partial charge >= 0.3 is 0 Å². The molecule has 0 aliphatic heterocycles. The van der Waals surface area contributed by atoms with Crippen molar-refractivity contribution in [2.45, 2.75) is 38.2 Å². The molecule has 1 N–H and O–H groups in total. The van der Waals surface area contributed by atoms with Crippen LogP contribution in [0.4, 0.5) is 4.39 Å². The van der Waals surface area contributed by atoms with Crippen molar-refractivity contribution in [1.29, 1.82) is 0 Å². The van der Waals surface area contributed by atoms with Gasteiger partial charge in [-0.1, -0.05) is 24.6 Å². The molecule has 0 unspecified atom stereocenters. The van der Waals surface area contributed by atoms with Gasteiger partial charge in [-0.25, -0.2) is 14.4 Å². The number of halogens is 1. The Morgan fingerprint density at radius 3 is 2.52 bits per heavy atom. The third-order valence-electron chi connectivity index (χ3n) is 5.52. The van der Waals surface area contributed by atoms with Crippen LogP contribution in [0, 0.1) is 5.82 Å². The molecule has 2 aromatic heterocycles. The molecule has 1 fully saturated rings. The first-order chi connectivity index (χ1) is 14.3. The van der Waals surface area contributed by atoms with E-state index in [1.54, 1.807) is 12.3 Å². The van der Waals surface area contributed by atoms with E-state index in [9.17, 15) is 4.39 Å². The van der Waals surface area contributed by atoms with Crippen LogP contribution < -0.4 is 4.74 Å². The predicted octanol–water partition coefficient (Wildman–Crippen LogP) is 6.14. The summed E-state index contributed by atoms with van der Waals surface area (Å²) in [5.41, 5.74) is 3.80. The van der Waals surface area contributed by atoms with E-state index in [0.29, 0.717) is 17.3 Å². The molecule has 0 saturated heterocycles. The van der Waals surface area contributed by atoms with E-state index in [1.807, 2.05) is 42.5 Å². The lowest BCUT2D eigenvalue weighted by Crippen LogP contribution is -2.20. The average molecular weight is 387 g/mol. The SMILES string of the molecule is Fc1cc(-c2ccc(OC3CCCCC3)nc2)ccc1-c1nc2ccccc2[nH]1. The molecule has 29 heavy (non-hydrogen) atoms. The van der Waals surface area contributed by atoms with Crippen molar-refractivity contribution in [1.82, 2.24) is 15.0 Å². The molecule has 0 amide bonds. The molecule has 5 rings (SSSR count). The zero-order chi connectivity index (χ0) is 19.6. The largest absolute Gasteiger partial charge is 0.474 e. The number of imidazole rings is 1. The highest BCUT2D eigenvalue weighted by atomic mass is 19.1. The second-order valence-corrected chi connectivity index (χ2v) is 7.56. The first-order valence-electron chi connectivity index (χ1n) is 10.1. The fourth-order valence-corrected chi connectivity index (χ4v) is 3.94. The molecule has 2 heterocycles. The Morgan fingerprint density at radius 2 is 1.76 bits per heavy atom. The fourth-order valence-electron chi connectivity index (χ4n) is 3.94. The molecule has 0 atom stereocenters. The number of ether oxygens (including phenoxy) is 1. The fraction of sp³-hybridized carbons (Fsp3) is 0.250. The molecule has 1 aliphatic rings. The molecule has 0 radical (unpaired) electrons. The van der Waals surface area contributed by atoms with Gasteiger partial charge in [-0.05, 0) is 61.6 Å². The second-order valence-electron chi connectivity index (χ2n) is 7.56. The highest BCUT2D eigenvalue weighted by Gasteiger charge is 2.16. The molecule has 4 nitrogen and oxygen atoms in total. The van der Waals surface area contributed by atoms with E-state index in [-0.39, 0.29) is 11.9 Å².